The molecular weight excluding hydrogens is 288 g/mol. The van der Waals surface area contributed by atoms with Crippen LogP contribution in [0.1, 0.15) is 25.3 Å². The lowest BCUT2D eigenvalue weighted by Crippen LogP contribution is -2.48. The summed E-state index contributed by atoms with van der Waals surface area (Å²) in [7, 11) is 3.53. The van der Waals surface area contributed by atoms with Crippen LogP contribution in [0.5, 0.6) is 5.75 Å². The summed E-state index contributed by atoms with van der Waals surface area (Å²) in [6, 6.07) is 7.87. The molecule has 1 aromatic carbocycles. The van der Waals surface area contributed by atoms with Gasteiger partial charge >= 0.3 is 0 Å². The molecule has 0 aliphatic carbocycles. The summed E-state index contributed by atoms with van der Waals surface area (Å²) in [5.74, 6) is 1.04. The molecule has 0 spiro atoms. The number of methoxy groups -OCH3 is 1. The number of benzene rings is 1. The summed E-state index contributed by atoms with van der Waals surface area (Å²) in [6.45, 7) is 4.46. The maximum atomic E-state index is 12.6. The zero-order valence-corrected chi connectivity index (χ0v) is 13.8. The topological polar surface area (TPSA) is 41.6 Å². The van der Waals surface area contributed by atoms with Crippen LogP contribution in [0, 0.1) is 5.41 Å². The van der Waals surface area contributed by atoms with Gasteiger partial charge in [-0.3, -0.25) is 4.79 Å². The molecule has 1 amide bonds. The third-order valence-corrected chi connectivity index (χ3v) is 4.01. The van der Waals surface area contributed by atoms with Gasteiger partial charge < -0.3 is 15.0 Å². The molecule has 4 nitrogen and oxygen atoms in total. The summed E-state index contributed by atoms with van der Waals surface area (Å²) in [5, 5.41) is 3.33. The van der Waals surface area contributed by atoms with E-state index in [1.54, 1.807) is 7.11 Å². The predicted octanol–water partition coefficient (Wildman–Crippen LogP) is 2.47. The molecule has 1 N–H and O–H groups in total. The van der Waals surface area contributed by atoms with Crippen molar-refractivity contribution in [1.29, 1.82) is 0 Å². The molecule has 1 saturated heterocycles. The average molecular weight is 313 g/mol. The number of hydrogen-bond acceptors (Lipinski definition) is 3. The molecule has 0 radical (unpaired) electrons. The number of nitrogens with zero attached hydrogens (tertiary/aromatic N) is 1. The van der Waals surface area contributed by atoms with Crippen molar-refractivity contribution in [3.63, 3.8) is 0 Å². The summed E-state index contributed by atoms with van der Waals surface area (Å²) in [5.41, 5.74) is 0.818. The highest BCUT2D eigenvalue weighted by molar-refractivity contribution is 5.85. The maximum absolute atomic E-state index is 12.6. The Bertz CT molecular complexity index is 473. The minimum absolute atomic E-state index is 0. The Morgan fingerprint density at radius 1 is 1.48 bits per heavy atom. The summed E-state index contributed by atoms with van der Waals surface area (Å²) >= 11 is 0. The molecule has 1 aliphatic rings. The molecule has 0 aromatic heterocycles. The summed E-state index contributed by atoms with van der Waals surface area (Å²) in [6.07, 6.45) is 2.02. The number of ether oxygens (including phenoxy) is 1. The first-order chi connectivity index (χ1) is 9.55. The third-order valence-electron chi connectivity index (χ3n) is 4.01. The molecule has 1 fully saturated rings. The van der Waals surface area contributed by atoms with Crippen molar-refractivity contribution in [1.82, 2.24) is 10.2 Å². The van der Waals surface area contributed by atoms with Gasteiger partial charge in [-0.05, 0) is 44.0 Å². The van der Waals surface area contributed by atoms with Crippen LogP contribution in [0.4, 0.5) is 0 Å². The largest absolute Gasteiger partial charge is 0.497 e. The molecule has 0 bridgehead atoms. The lowest BCUT2D eigenvalue weighted by molar-refractivity contribution is -0.141. The Morgan fingerprint density at radius 3 is 2.86 bits per heavy atom. The first-order valence-corrected chi connectivity index (χ1v) is 7.14. The number of carbonyl (C=O) groups is 1. The van der Waals surface area contributed by atoms with Gasteiger partial charge in [-0.25, -0.2) is 0 Å². The van der Waals surface area contributed by atoms with Gasteiger partial charge in [0.25, 0.3) is 0 Å². The highest BCUT2D eigenvalue weighted by Crippen LogP contribution is 2.28. The first-order valence-electron chi connectivity index (χ1n) is 7.14. The van der Waals surface area contributed by atoms with Gasteiger partial charge in [-0.1, -0.05) is 12.1 Å². The quantitative estimate of drug-likeness (QED) is 0.928. The van der Waals surface area contributed by atoms with Crippen LogP contribution in [0.2, 0.25) is 0 Å². The summed E-state index contributed by atoms with van der Waals surface area (Å²) < 4.78 is 5.22. The van der Waals surface area contributed by atoms with Crippen molar-refractivity contribution in [2.75, 3.05) is 27.2 Å². The number of hydrogen-bond donors (Lipinski definition) is 1. The van der Waals surface area contributed by atoms with Crippen molar-refractivity contribution in [3.05, 3.63) is 29.8 Å². The predicted molar refractivity (Wildman–Crippen MR) is 86.9 cm³/mol. The van der Waals surface area contributed by atoms with Gasteiger partial charge in [-0.2, -0.15) is 0 Å². The number of nitrogens with one attached hydrogen (secondary N) is 1. The molecule has 2 rings (SSSR count). The fourth-order valence-electron chi connectivity index (χ4n) is 2.82. The van der Waals surface area contributed by atoms with E-state index in [0.717, 1.165) is 37.2 Å². The standard InChI is InChI=1S/C16H24N2O2.ClH/c1-16(8-5-9-17-12-16)15(19)18(2)11-13-6-4-7-14(10-13)20-3;/h4,6-7,10,17H,5,8-9,11-12H2,1-3H3;1H. The molecule has 1 atom stereocenters. The van der Waals surface area contributed by atoms with E-state index < -0.39 is 0 Å². The van der Waals surface area contributed by atoms with Gasteiger partial charge in [0.15, 0.2) is 0 Å². The lowest BCUT2D eigenvalue weighted by Gasteiger charge is -2.36. The van der Waals surface area contributed by atoms with Gasteiger partial charge in [0.05, 0.1) is 12.5 Å². The van der Waals surface area contributed by atoms with Gasteiger partial charge in [0.1, 0.15) is 5.75 Å². The van der Waals surface area contributed by atoms with E-state index in [-0.39, 0.29) is 23.7 Å². The molecule has 1 aromatic rings. The van der Waals surface area contributed by atoms with Crippen molar-refractivity contribution in [2.24, 2.45) is 5.41 Å². The van der Waals surface area contributed by atoms with E-state index in [2.05, 4.69) is 12.2 Å². The van der Waals surface area contributed by atoms with Crippen molar-refractivity contribution >= 4 is 18.3 Å². The third kappa shape index (κ3) is 4.35. The highest BCUT2D eigenvalue weighted by atomic mass is 35.5. The molecule has 1 heterocycles. The second-order valence-corrected chi connectivity index (χ2v) is 5.85. The van der Waals surface area contributed by atoms with E-state index in [1.165, 1.54) is 0 Å². The molecule has 0 saturated carbocycles. The van der Waals surface area contributed by atoms with Crippen molar-refractivity contribution < 1.29 is 9.53 Å². The number of rotatable bonds is 4. The Morgan fingerprint density at radius 2 is 2.24 bits per heavy atom. The normalized spacial score (nSPS) is 21.3. The zero-order chi connectivity index (χ0) is 14.6. The van der Waals surface area contributed by atoms with Gasteiger partial charge in [-0.15, -0.1) is 12.4 Å². The van der Waals surface area contributed by atoms with E-state index in [9.17, 15) is 4.79 Å². The molecule has 118 valence electrons. The van der Waals surface area contributed by atoms with Gasteiger partial charge in [0, 0.05) is 20.1 Å². The van der Waals surface area contributed by atoms with Gasteiger partial charge in [0.2, 0.25) is 5.91 Å². The Kier molecular flexibility index (Phi) is 6.49. The summed E-state index contributed by atoms with van der Waals surface area (Å²) in [4.78, 5) is 14.5. The Labute approximate surface area is 133 Å². The Balaban J connectivity index is 0.00000220. The minimum atomic E-state index is -0.272. The molecule has 1 unspecified atom stereocenters. The monoisotopic (exact) mass is 312 g/mol. The van der Waals surface area contributed by atoms with E-state index in [4.69, 9.17) is 4.74 Å². The molecule has 5 heteroatoms. The number of halogens is 1. The van der Waals surface area contributed by atoms with Crippen LogP contribution in [-0.4, -0.2) is 38.1 Å². The first kappa shape index (κ1) is 17.8. The lowest BCUT2D eigenvalue weighted by atomic mass is 9.81. The smallest absolute Gasteiger partial charge is 0.229 e. The van der Waals surface area contributed by atoms with E-state index in [0.29, 0.717) is 6.54 Å². The molecule has 1 aliphatic heterocycles. The number of piperidine rings is 1. The van der Waals surface area contributed by atoms with Crippen molar-refractivity contribution in [3.8, 4) is 5.75 Å². The highest BCUT2D eigenvalue weighted by Gasteiger charge is 2.36. The fraction of sp³-hybridized carbons (Fsp3) is 0.562. The van der Waals surface area contributed by atoms with Crippen LogP contribution >= 0.6 is 12.4 Å². The maximum Gasteiger partial charge on any atom is 0.229 e. The van der Waals surface area contributed by atoms with E-state index in [1.807, 2.05) is 36.2 Å². The van der Waals surface area contributed by atoms with Crippen LogP contribution in [0.25, 0.3) is 0 Å². The molecule has 21 heavy (non-hydrogen) atoms. The number of amides is 1. The van der Waals surface area contributed by atoms with E-state index >= 15 is 0 Å². The van der Waals surface area contributed by atoms with Crippen LogP contribution in [0.15, 0.2) is 24.3 Å². The minimum Gasteiger partial charge on any atom is -0.497 e. The fourth-order valence-corrected chi connectivity index (χ4v) is 2.82. The second-order valence-electron chi connectivity index (χ2n) is 5.85. The molecular formula is C16H25ClN2O2. The number of carbonyl (C=O) groups excluding carboxylic acids is 1. The average Bonchev–Trinajstić information content (AvgIpc) is 2.47. The second kappa shape index (κ2) is 7.66. The zero-order valence-electron chi connectivity index (χ0n) is 13.0. The van der Waals surface area contributed by atoms with Crippen LogP contribution < -0.4 is 10.1 Å². The SMILES string of the molecule is COc1cccc(CN(C)C(=O)C2(C)CCCNC2)c1.Cl. The van der Waals surface area contributed by atoms with Crippen LogP contribution in [-0.2, 0) is 11.3 Å². The van der Waals surface area contributed by atoms with Crippen molar-refractivity contribution in [2.45, 2.75) is 26.3 Å². The van der Waals surface area contributed by atoms with Crippen LogP contribution in [0.3, 0.4) is 0 Å². The Hall–Kier alpha value is -1.26.